The van der Waals surface area contributed by atoms with Gasteiger partial charge < -0.3 is 14.6 Å². The molecule has 82 valence electrons. The number of morpholine rings is 1. The van der Waals surface area contributed by atoms with Crippen LogP contribution in [0.15, 0.2) is 0 Å². The number of aliphatic hydroxyl groups is 1. The van der Waals surface area contributed by atoms with E-state index in [4.69, 9.17) is 14.6 Å². The van der Waals surface area contributed by atoms with Crippen LogP contribution >= 0.6 is 0 Å². The van der Waals surface area contributed by atoms with Gasteiger partial charge in [0, 0.05) is 6.54 Å². The van der Waals surface area contributed by atoms with Crippen molar-refractivity contribution in [1.82, 2.24) is 4.90 Å². The minimum absolute atomic E-state index is 0.0821. The van der Waals surface area contributed by atoms with Crippen molar-refractivity contribution in [3.63, 3.8) is 0 Å². The van der Waals surface area contributed by atoms with Crippen molar-refractivity contribution in [2.24, 2.45) is 0 Å². The first-order valence-electron chi connectivity index (χ1n) is 4.91. The van der Waals surface area contributed by atoms with E-state index < -0.39 is 0 Å². The predicted molar refractivity (Wildman–Crippen MR) is 50.0 cm³/mol. The van der Waals surface area contributed by atoms with Crippen LogP contribution in [0.2, 0.25) is 0 Å². The Morgan fingerprint density at radius 1 is 1.71 bits per heavy atom. The molecule has 1 aliphatic rings. The zero-order valence-electron chi connectivity index (χ0n) is 8.44. The summed E-state index contributed by atoms with van der Waals surface area (Å²) in [6.07, 6.45) is 0.453. The molecule has 0 spiro atoms. The molecule has 0 radical (unpaired) electrons. The van der Waals surface area contributed by atoms with Crippen LogP contribution < -0.4 is 0 Å². The minimum atomic E-state index is -0.353. The van der Waals surface area contributed by atoms with Crippen LogP contribution in [-0.4, -0.2) is 55.1 Å². The maximum Gasteiger partial charge on any atom is 0.410 e. The minimum Gasteiger partial charge on any atom is -0.449 e. The molecule has 1 unspecified atom stereocenters. The normalized spacial score (nSPS) is 22.1. The predicted octanol–water partition coefficient (Wildman–Crippen LogP) is 0.226. The highest BCUT2D eigenvalue weighted by Gasteiger charge is 2.27. The van der Waals surface area contributed by atoms with E-state index in [0.717, 1.165) is 6.42 Å². The first-order chi connectivity index (χ1) is 6.79. The van der Waals surface area contributed by atoms with E-state index in [1.54, 1.807) is 0 Å². The van der Waals surface area contributed by atoms with Crippen molar-refractivity contribution in [3.8, 4) is 0 Å². The summed E-state index contributed by atoms with van der Waals surface area (Å²) >= 11 is 0. The maximum absolute atomic E-state index is 11.5. The molecule has 0 bridgehead atoms. The van der Waals surface area contributed by atoms with Crippen molar-refractivity contribution in [2.75, 3.05) is 33.0 Å². The molecule has 0 aromatic carbocycles. The Morgan fingerprint density at radius 2 is 2.50 bits per heavy atom. The highest BCUT2D eigenvalue weighted by Crippen LogP contribution is 2.08. The number of nitrogens with zero attached hydrogens (tertiary/aromatic N) is 1. The van der Waals surface area contributed by atoms with E-state index in [-0.39, 0.29) is 18.7 Å². The number of aliphatic hydroxyl groups excluding tert-OH is 1. The summed E-state index contributed by atoms with van der Waals surface area (Å²) in [5.41, 5.74) is 0. The van der Waals surface area contributed by atoms with Gasteiger partial charge in [0.15, 0.2) is 0 Å². The largest absolute Gasteiger partial charge is 0.449 e. The zero-order chi connectivity index (χ0) is 10.4. The fraction of sp³-hybridized carbons (Fsp3) is 0.889. The molecule has 0 aromatic rings. The molecule has 1 amide bonds. The summed E-state index contributed by atoms with van der Waals surface area (Å²) < 4.78 is 10.1. The third kappa shape index (κ3) is 2.85. The molecule has 5 nitrogen and oxygen atoms in total. The van der Waals surface area contributed by atoms with Crippen LogP contribution in [0.25, 0.3) is 0 Å². The van der Waals surface area contributed by atoms with Gasteiger partial charge in [0.05, 0.1) is 32.5 Å². The molecular weight excluding hydrogens is 186 g/mol. The fourth-order valence-corrected chi connectivity index (χ4v) is 1.32. The summed E-state index contributed by atoms with van der Waals surface area (Å²) in [7, 11) is 0. The number of amides is 1. The van der Waals surface area contributed by atoms with Crippen molar-refractivity contribution >= 4 is 6.09 Å². The van der Waals surface area contributed by atoms with Crippen LogP contribution in [0.3, 0.4) is 0 Å². The number of ether oxygens (including phenoxy) is 2. The van der Waals surface area contributed by atoms with Crippen LogP contribution in [0.4, 0.5) is 4.79 Å². The van der Waals surface area contributed by atoms with Crippen molar-refractivity contribution in [2.45, 2.75) is 19.4 Å². The third-order valence-electron chi connectivity index (χ3n) is 2.10. The fourth-order valence-electron chi connectivity index (χ4n) is 1.32. The molecule has 1 rings (SSSR count). The Kier molecular flexibility index (Phi) is 4.69. The smallest absolute Gasteiger partial charge is 0.410 e. The first-order valence-corrected chi connectivity index (χ1v) is 4.91. The standard InChI is InChI=1S/C9H17NO4/c1-2-4-14-9(12)10-3-5-13-7-8(10)6-11/h8,11H,2-7H2,1H3. The van der Waals surface area contributed by atoms with Gasteiger partial charge in [-0.2, -0.15) is 0 Å². The Hall–Kier alpha value is -0.810. The number of carbonyl (C=O) groups excluding carboxylic acids is 1. The highest BCUT2D eigenvalue weighted by atomic mass is 16.6. The second kappa shape index (κ2) is 5.82. The number of hydrogen-bond donors (Lipinski definition) is 1. The van der Waals surface area contributed by atoms with Crippen molar-refractivity contribution in [3.05, 3.63) is 0 Å². The quantitative estimate of drug-likeness (QED) is 0.713. The van der Waals surface area contributed by atoms with E-state index in [9.17, 15) is 4.79 Å². The first kappa shape index (κ1) is 11.3. The second-order valence-corrected chi connectivity index (χ2v) is 3.22. The number of rotatable bonds is 3. The average molecular weight is 203 g/mol. The van der Waals surface area contributed by atoms with Gasteiger partial charge in [0.1, 0.15) is 0 Å². The molecule has 1 N–H and O–H groups in total. The molecule has 1 fully saturated rings. The van der Waals surface area contributed by atoms with Gasteiger partial charge in [0.25, 0.3) is 0 Å². The van der Waals surface area contributed by atoms with Gasteiger partial charge >= 0.3 is 6.09 Å². The number of carbonyl (C=O) groups is 1. The van der Waals surface area contributed by atoms with E-state index in [0.29, 0.717) is 26.4 Å². The second-order valence-electron chi connectivity index (χ2n) is 3.22. The molecule has 0 saturated carbocycles. The average Bonchev–Trinajstić information content (AvgIpc) is 2.25. The molecule has 1 saturated heterocycles. The maximum atomic E-state index is 11.5. The molecule has 1 atom stereocenters. The summed E-state index contributed by atoms with van der Waals surface area (Å²) in [6.45, 7) is 3.68. The van der Waals surface area contributed by atoms with Crippen molar-refractivity contribution in [1.29, 1.82) is 0 Å². The Morgan fingerprint density at radius 3 is 3.14 bits per heavy atom. The molecular formula is C9H17NO4. The van der Waals surface area contributed by atoms with E-state index >= 15 is 0 Å². The molecule has 0 aliphatic carbocycles. The van der Waals surface area contributed by atoms with Gasteiger partial charge in [-0.1, -0.05) is 6.92 Å². The van der Waals surface area contributed by atoms with Gasteiger partial charge in [-0.15, -0.1) is 0 Å². The summed E-state index contributed by atoms with van der Waals surface area (Å²) in [4.78, 5) is 13.0. The molecule has 1 heterocycles. The topological polar surface area (TPSA) is 59.0 Å². The lowest BCUT2D eigenvalue weighted by Gasteiger charge is -2.33. The monoisotopic (exact) mass is 203 g/mol. The highest BCUT2D eigenvalue weighted by molar-refractivity contribution is 5.68. The lowest BCUT2D eigenvalue weighted by molar-refractivity contribution is -0.0257. The van der Waals surface area contributed by atoms with Crippen LogP contribution in [0.1, 0.15) is 13.3 Å². The number of hydrogen-bond acceptors (Lipinski definition) is 4. The molecule has 5 heteroatoms. The Balaban J connectivity index is 2.41. The van der Waals surface area contributed by atoms with E-state index in [2.05, 4.69) is 0 Å². The van der Waals surface area contributed by atoms with E-state index in [1.807, 2.05) is 6.92 Å². The van der Waals surface area contributed by atoms with Crippen LogP contribution in [0.5, 0.6) is 0 Å². The summed E-state index contributed by atoms with van der Waals surface area (Å²) in [5, 5.41) is 9.01. The summed E-state index contributed by atoms with van der Waals surface area (Å²) in [6, 6.07) is -0.256. The van der Waals surface area contributed by atoms with Gasteiger partial charge in [-0.3, -0.25) is 4.90 Å². The Labute approximate surface area is 83.6 Å². The summed E-state index contributed by atoms with van der Waals surface area (Å²) in [5.74, 6) is 0. The van der Waals surface area contributed by atoms with Crippen LogP contribution in [0, 0.1) is 0 Å². The van der Waals surface area contributed by atoms with Gasteiger partial charge in [0.2, 0.25) is 0 Å². The lowest BCUT2D eigenvalue weighted by atomic mass is 10.2. The SMILES string of the molecule is CCCOC(=O)N1CCOCC1CO. The van der Waals surface area contributed by atoms with Crippen molar-refractivity contribution < 1.29 is 19.4 Å². The Bertz CT molecular complexity index is 186. The molecule has 1 aliphatic heterocycles. The molecule has 0 aromatic heterocycles. The van der Waals surface area contributed by atoms with Crippen LogP contribution in [-0.2, 0) is 9.47 Å². The van der Waals surface area contributed by atoms with Gasteiger partial charge in [-0.05, 0) is 6.42 Å². The zero-order valence-corrected chi connectivity index (χ0v) is 8.44. The lowest BCUT2D eigenvalue weighted by Crippen LogP contribution is -2.50. The third-order valence-corrected chi connectivity index (χ3v) is 2.10. The van der Waals surface area contributed by atoms with E-state index in [1.165, 1.54) is 4.90 Å². The molecule has 14 heavy (non-hydrogen) atoms. The van der Waals surface area contributed by atoms with Gasteiger partial charge in [-0.25, -0.2) is 4.79 Å².